The van der Waals surface area contributed by atoms with Crippen molar-refractivity contribution in [3.8, 4) is 0 Å². The van der Waals surface area contributed by atoms with E-state index in [1.807, 2.05) is 0 Å². The molecule has 0 unspecified atom stereocenters. The summed E-state index contributed by atoms with van der Waals surface area (Å²) in [4.78, 5) is 0. The normalized spacial score (nSPS) is 32.2. The first kappa shape index (κ1) is 11.9. The number of fused-ring (bicyclic) bond motifs is 3. The van der Waals surface area contributed by atoms with Gasteiger partial charge >= 0.3 is 0 Å². The van der Waals surface area contributed by atoms with Gasteiger partial charge in [-0.1, -0.05) is 43.5 Å². The van der Waals surface area contributed by atoms with Crippen molar-refractivity contribution in [1.82, 2.24) is 0 Å². The van der Waals surface area contributed by atoms with Gasteiger partial charge in [0.15, 0.2) is 0 Å². The molecule has 1 nitrogen and oxygen atoms in total. The molecular formula is C14H20ClN. The van der Waals surface area contributed by atoms with E-state index in [2.05, 4.69) is 24.3 Å². The fourth-order valence-corrected chi connectivity index (χ4v) is 3.50. The summed E-state index contributed by atoms with van der Waals surface area (Å²) in [5.74, 6) is 0.706. The SMILES string of the molecule is Cl.N[C@@]12CCCCC[C@@H]1Cc1ccccc12. The average molecular weight is 238 g/mol. The monoisotopic (exact) mass is 237 g/mol. The van der Waals surface area contributed by atoms with E-state index in [9.17, 15) is 0 Å². The van der Waals surface area contributed by atoms with Crippen LogP contribution in [-0.4, -0.2) is 0 Å². The lowest BCUT2D eigenvalue weighted by Crippen LogP contribution is -2.40. The van der Waals surface area contributed by atoms with Crippen LogP contribution in [0.25, 0.3) is 0 Å². The lowest BCUT2D eigenvalue weighted by molar-refractivity contribution is 0.283. The molecule has 1 aromatic rings. The Labute approximate surface area is 104 Å². The van der Waals surface area contributed by atoms with Crippen LogP contribution in [0.5, 0.6) is 0 Å². The summed E-state index contributed by atoms with van der Waals surface area (Å²) < 4.78 is 0. The van der Waals surface area contributed by atoms with Gasteiger partial charge in [-0.3, -0.25) is 0 Å². The summed E-state index contributed by atoms with van der Waals surface area (Å²) >= 11 is 0. The Kier molecular flexibility index (Phi) is 3.27. The van der Waals surface area contributed by atoms with E-state index in [0.717, 1.165) is 0 Å². The van der Waals surface area contributed by atoms with Crippen molar-refractivity contribution in [2.45, 2.75) is 44.1 Å². The van der Waals surface area contributed by atoms with E-state index in [4.69, 9.17) is 5.73 Å². The van der Waals surface area contributed by atoms with E-state index in [1.54, 1.807) is 0 Å². The number of hydrogen-bond acceptors (Lipinski definition) is 1. The molecule has 0 aliphatic heterocycles. The fourth-order valence-electron chi connectivity index (χ4n) is 3.50. The maximum absolute atomic E-state index is 6.68. The van der Waals surface area contributed by atoms with Crippen LogP contribution < -0.4 is 5.73 Å². The summed E-state index contributed by atoms with van der Waals surface area (Å²) in [6.45, 7) is 0. The van der Waals surface area contributed by atoms with Crippen LogP contribution in [0.3, 0.4) is 0 Å². The Morgan fingerprint density at radius 2 is 1.94 bits per heavy atom. The molecule has 88 valence electrons. The van der Waals surface area contributed by atoms with Crippen LogP contribution in [0.15, 0.2) is 24.3 Å². The molecule has 2 aliphatic carbocycles. The number of nitrogens with two attached hydrogens (primary N) is 1. The Morgan fingerprint density at radius 3 is 2.81 bits per heavy atom. The van der Waals surface area contributed by atoms with Crippen molar-refractivity contribution in [3.05, 3.63) is 35.4 Å². The molecule has 2 N–H and O–H groups in total. The van der Waals surface area contributed by atoms with Crippen molar-refractivity contribution in [2.75, 3.05) is 0 Å². The zero-order valence-corrected chi connectivity index (χ0v) is 10.4. The van der Waals surface area contributed by atoms with Gasteiger partial charge in [0.2, 0.25) is 0 Å². The van der Waals surface area contributed by atoms with E-state index in [0.29, 0.717) is 5.92 Å². The van der Waals surface area contributed by atoms with Gasteiger partial charge < -0.3 is 5.73 Å². The minimum absolute atomic E-state index is 0. The fraction of sp³-hybridized carbons (Fsp3) is 0.571. The maximum Gasteiger partial charge on any atom is 0.0444 e. The smallest absolute Gasteiger partial charge is 0.0444 e. The third-order valence-electron chi connectivity index (χ3n) is 4.36. The number of benzene rings is 1. The van der Waals surface area contributed by atoms with Gasteiger partial charge in [0.05, 0.1) is 0 Å². The average Bonchev–Trinajstić information content (AvgIpc) is 2.41. The second-order valence-electron chi connectivity index (χ2n) is 5.20. The zero-order valence-electron chi connectivity index (χ0n) is 9.61. The standard InChI is InChI=1S/C14H19N.ClH/c15-14-9-5-1-2-7-12(14)10-11-6-3-4-8-13(11)14;/h3-4,6,8,12H,1-2,5,7,9-10,15H2;1H/t12-,14+;/m1./s1. The molecule has 16 heavy (non-hydrogen) atoms. The van der Waals surface area contributed by atoms with Gasteiger partial charge in [-0.15, -0.1) is 12.4 Å². The molecule has 0 amide bonds. The predicted octanol–water partition coefficient (Wildman–Crippen LogP) is 3.40. The van der Waals surface area contributed by atoms with Crippen LogP contribution in [0, 0.1) is 5.92 Å². The largest absolute Gasteiger partial charge is 0.321 e. The van der Waals surface area contributed by atoms with E-state index >= 15 is 0 Å². The van der Waals surface area contributed by atoms with Crippen molar-refractivity contribution in [3.63, 3.8) is 0 Å². The molecule has 2 aliphatic rings. The lowest BCUT2D eigenvalue weighted by Gasteiger charge is -2.30. The van der Waals surface area contributed by atoms with Crippen molar-refractivity contribution >= 4 is 12.4 Å². The van der Waals surface area contributed by atoms with Crippen molar-refractivity contribution in [1.29, 1.82) is 0 Å². The molecule has 0 radical (unpaired) electrons. The molecule has 0 spiro atoms. The summed E-state index contributed by atoms with van der Waals surface area (Å²) in [7, 11) is 0. The van der Waals surface area contributed by atoms with E-state index in [1.165, 1.54) is 49.7 Å². The highest BCUT2D eigenvalue weighted by Gasteiger charge is 2.43. The second kappa shape index (κ2) is 4.38. The van der Waals surface area contributed by atoms with Gasteiger partial charge in [0.25, 0.3) is 0 Å². The molecule has 0 heterocycles. The van der Waals surface area contributed by atoms with Gasteiger partial charge in [0, 0.05) is 5.54 Å². The highest BCUT2D eigenvalue weighted by Crippen LogP contribution is 2.46. The molecule has 1 fully saturated rings. The van der Waals surface area contributed by atoms with Crippen molar-refractivity contribution in [2.24, 2.45) is 11.7 Å². The maximum atomic E-state index is 6.68. The molecular weight excluding hydrogens is 218 g/mol. The quantitative estimate of drug-likeness (QED) is 0.736. The van der Waals surface area contributed by atoms with Crippen LogP contribution in [0.1, 0.15) is 43.2 Å². The zero-order chi connectivity index (χ0) is 10.3. The number of hydrogen-bond donors (Lipinski definition) is 1. The van der Waals surface area contributed by atoms with Crippen molar-refractivity contribution < 1.29 is 0 Å². The third-order valence-corrected chi connectivity index (χ3v) is 4.36. The molecule has 0 bridgehead atoms. The van der Waals surface area contributed by atoms with Crippen LogP contribution >= 0.6 is 12.4 Å². The highest BCUT2D eigenvalue weighted by molar-refractivity contribution is 5.85. The first-order valence-electron chi connectivity index (χ1n) is 6.18. The Bertz CT molecular complexity index is 377. The minimum Gasteiger partial charge on any atom is -0.321 e. The minimum atomic E-state index is 0. The first-order chi connectivity index (χ1) is 7.31. The molecule has 3 rings (SSSR count). The topological polar surface area (TPSA) is 26.0 Å². The molecule has 1 saturated carbocycles. The summed E-state index contributed by atoms with van der Waals surface area (Å²) in [6, 6.07) is 8.80. The second-order valence-corrected chi connectivity index (χ2v) is 5.20. The Hall–Kier alpha value is -0.530. The summed E-state index contributed by atoms with van der Waals surface area (Å²) in [5.41, 5.74) is 9.63. The van der Waals surface area contributed by atoms with Gasteiger partial charge in [-0.05, 0) is 36.3 Å². The first-order valence-corrected chi connectivity index (χ1v) is 6.18. The summed E-state index contributed by atoms with van der Waals surface area (Å²) in [5, 5.41) is 0. The van der Waals surface area contributed by atoms with E-state index < -0.39 is 0 Å². The molecule has 0 saturated heterocycles. The summed E-state index contributed by atoms with van der Waals surface area (Å²) in [6.07, 6.45) is 7.78. The molecule has 2 atom stereocenters. The number of rotatable bonds is 0. The molecule has 0 aromatic heterocycles. The molecule has 1 aromatic carbocycles. The number of halogens is 1. The highest BCUT2D eigenvalue weighted by atomic mass is 35.5. The van der Waals surface area contributed by atoms with Crippen LogP contribution in [0.4, 0.5) is 0 Å². The Balaban J connectivity index is 0.000000963. The third kappa shape index (κ3) is 1.66. The lowest BCUT2D eigenvalue weighted by atomic mass is 9.81. The predicted molar refractivity (Wildman–Crippen MR) is 69.8 cm³/mol. The van der Waals surface area contributed by atoms with Crippen LogP contribution in [0.2, 0.25) is 0 Å². The van der Waals surface area contributed by atoms with Gasteiger partial charge in [0.1, 0.15) is 0 Å². The molecule has 2 heteroatoms. The Morgan fingerprint density at radius 1 is 1.12 bits per heavy atom. The van der Waals surface area contributed by atoms with Gasteiger partial charge in [-0.25, -0.2) is 0 Å². The van der Waals surface area contributed by atoms with E-state index in [-0.39, 0.29) is 17.9 Å². The van der Waals surface area contributed by atoms with Crippen LogP contribution in [-0.2, 0) is 12.0 Å². The van der Waals surface area contributed by atoms with Gasteiger partial charge in [-0.2, -0.15) is 0 Å².